The molecule has 0 atom stereocenters. The van der Waals surface area contributed by atoms with Gasteiger partial charge in [0.15, 0.2) is 11.5 Å². The normalized spacial score (nSPS) is 13.8. The van der Waals surface area contributed by atoms with Crippen LogP contribution in [0.3, 0.4) is 0 Å². The number of aromatic nitrogens is 4. The van der Waals surface area contributed by atoms with E-state index in [1.165, 1.54) is 0 Å². The van der Waals surface area contributed by atoms with Gasteiger partial charge in [0.1, 0.15) is 49.2 Å². The van der Waals surface area contributed by atoms with Crippen LogP contribution in [0.1, 0.15) is 59.3 Å². The van der Waals surface area contributed by atoms with Crippen molar-refractivity contribution in [2.24, 2.45) is 0 Å². The first-order valence-corrected chi connectivity index (χ1v) is 20.3. The monoisotopic (exact) mass is 832 g/mol. The zero-order valence-electron chi connectivity index (χ0n) is 34.4. The lowest BCUT2D eigenvalue weighted by Gasteiger charge is -2.26. The highest BCUT2D eigenvalue weighted by Gasteiger charge is 2.27. The summed E-state index contributed by atoms with van der Waals surface area (Å²) in [6.45, 7) is 3.76. The van der Waals surface area contributed by atoms with Gasteiger partial charge in [-0.05, 0) is 34.1 Å². The van der Waals surface area contributed by atoms with Crippen molar-refractivity contribution in [1.29, 1.82) is 0 Å². The van der Waals surface area contributed by atoms with Gasteiger partial charge in [-0.2, -0.15) is 0 Å². The van der Waals surface area contributed by atoms with Crippen molar-refractivity contribution in [3.05, 3.63) is 167 Å². The summed E-state index contributed by atoms with van der Waals surface area (Å²) >= 11 is 0. The third-order valence-electron chi connectivity index (χ3n) is 9.31. The van der Waals surface area contributed by atoms with Crippen LogP contribution in [0, 0.1) is 24.2 Å². The average Bonchev–Trinajstić information content (AvgIpc) is 3.33. The van der Waals surface area contributed by atoms with Gasteiger partial charge in [0, 0.05) is 37.8 Å². The van der Waals surface area contributed by atoms with E-state index in [0.29, 0.717) is 119 Å². The van der Waals surface area contributed by atoms with Gasteiger partial charge in [-0.25, -0.2) is 0 Å². The highest BCUT2D eigenvalue weighted by Crippen LogP contribution is 2.28. The number of carbonyl (C=O) groups is 1. The number of nitrogens with zero attached hydrogens (tertiary/aromatic N) is 4. The van der Waals surface area contributed by atoms with Gasteiger partial charge in [-0.1, -0.05) is 127 Å². The fourth-order valence-electron chi connectivity index (χ4n) is 5.80. The van der Waals surface area contributed by atoms with Gasteiger partial charge in [-0.15, -0.1) is 26.8 Å². The zero-order chi connectivity index (χ0) is 43.1. The van der Waals surface area contributed by atoms with E-state index in [9.17, 15) is 9.90 Å². The smallest absolute Gasteiger partial charge is 0.276 e. The first-order valence-electron chi connectivity index (χ1n) is 20.3. The molecule has 2 aliphatic heterocycles. The topological polar surface area (TPSA) is 144 Å². The predicted molar refractivity (Wildman–Crippen MR) is 232 cm³/mol. The summed E-state index contributed by atoms with van der Waals surface area (Å²) in [7, 11) is 0. The van der Waals surface area contributed by atoms with Crippen LogP contribution < -0.4 is 18.9 Å². The number of hydrogen-bond donors (Lipinski definition) is 1. The lowest BCUT2D eigenvalue weighted by molar-refractivity contribution is -0.124. The van der Waals surface area contributed by atoms with Gasteiger partial charge >= 0.3 is 0 Å². The number of aliphatic hydroxyl groups is 1. The maximum absolute atomic E-state index is 10.6. The number of Topliss-reactive ketones (excluding diaryl/α,β-unsaturated/α-hetero) is 1. The number of rotatable bonds is 12. The maximum Gasteiger partial charge on any atom is 0.276 e. The van der Waals surface area contributed by atoms with Crippen molar-refractivity contribution in [1.82, 2.24) is 20.4 Å². The standard InChI is InChI=1S/C25H24N2O4.C20H16N2O2.C5H8O2/c28-25(13-15-29-16-14-25)12-11-22-17-23(30-18-20-7-3-1-4-8-20)24(27-26-22)31-19-21-9-5-2-6-10-21;1-2-18-13-19(23-14-16-9-5-3-6-10-16)20(22-21-18)24-15-17-11-7-4-8-12-17;6-5-1-3-7-4-2-5/h1-10,17,28H,13-16,18-19H2;1,3-13H,14-15H2;1-4H2. The second-order valence-electron chi connectivity index (χ2n) is 14.1. The minimum Gasteiger partial charge on any atom is -0.483 e. The van der Waals surface area contributed by atoms with Crippen LogP contribution in [-0.2, 0) is 40.7 Å². The summed E-state index contributed by atoms with van der Waals surface area (Å²) in [6, 6.07) is 42.7. The zero-order valence-corrected chi connectivity index (χ0v) is 34.4. The molecule has 4 heterocycles. The van der Waals surface area contributed by atoms with Crippen LogP contribution in [0.4, 0.5) is 0 Å². The molecule has 0 radical (unpaired) electrons. The van der Waals surface area contributed by atoms with E-state index in [2.05, 4.69) is 38.2 Å². The molecule has 0 aliphatic carbocycles. The largest absolute Gasteiger partial charge is 0.483 e. The van der Waals surface area contributed by atoms with Gasteiger partial charge < -0.3 is 33.5 Å². The molecule has 2 aliphatic rings. The molecule has 0 saturated carbocycles. The SMILES string of the molecule is C#Cc1cc(OCc2ccccc2)c(OCc2ccccc2)nn1.O=C1CCOCC1.OC1(C#Cc2cc(OCc3ccccc3)c(OCc3ccccc3)nn2)CCOCC1. The van der Waals surface area contributed by atoms with E-state index < -0.39 is 5.60 Å². The fraction of sp³-hybridized carbons (Fsp3) is 0.260. The Morgan fingerprint density at radius 1 is 0.548 bits per heavy atom. The Bertz CT molecular complexity index is 2370. The number of hydrogen-bond acceptors (Lipinski definition) is 12. The fourth-order valence-corrected chi connectivity index (χ4v) is 5.80. The van der Waals surface area contributed by atoms with Gasteiger partial charge in [0.05, 0.1) is 26.4 Å². The number of ketones is 1. The third kappa shape index (κ3) is 15.2. The lowest BCUT2D eigenvalue weighted by Crippen LogP contribution is -2.34. The molecule has 62 heavy (non-hydrogen) atoms. The number of terminal acetylenes is 1. The minimum atomic E-state index is -1.06. The van der Waals surface area contributed by atoms with Crippen molar-refractivity contribution in [2.45, 2.75) is 57.7 Å². The summed E-state index contributed by atoms with van der Waals surface area (Å²) in [4.78, 5) is 10.4. The summed E-state index contributed by atoms with van der Waals surface area (Å²) in [5.74, 6) is 10.2. The van der Waals surface area contributed by atoms with E-state index >= 15 is 0 Å². The third-order valence-corrected chi connectivity index (χ3v) is 9.31. The van der Waals surface area contributed by atoms with E-state index in [-0.39, 0.29) is 0 Å². The van der Waals surface area contributed by atoms with Crippen molar-refractivity contribution < 1.29 is 38.3 Å². The van der Waals surface area contributed by atoms with E-state index in [0.717, 1.165) is 22.3 Å². The number of ether oxygens (including phenoxy) is 6. The Balaban J connectivity index is 0.000000183. The molecule has 0 amide bonds. The van der Waals surface area contributed by atoms with Crippen LogP contribution in [-0.4, -0.2) is 63.3 Å². The molecule has 12 nitrogen and oxygen atoms in total. The molecule has 12 heteroatoms. The molecule has 8 rings (SSSR count). The molecule has 0 unspecified atom stereocenters. The Morgan fingerprint density at radius 2 is 0.935 bits per heavy atom. The second-order valence-corrected chi connectivity index (χ2v) is 14.1. The van der Waals surface area contributed by atoms with Crippen molar-refractivity contribution >= 4 is 5.78 Å². The number of carbonyl (C=O) groups excluding carboxylic acids is 1. The molecule has 2 aromatic heterocycles. The first-order chi connectivity index (χ1) is 30.4. The minimum absolute atomic E-state index is 0.301. The molecule has 1 N–H and O–H groups in total. The van der Waals surface area contributed by atoms with Crippen molar-refractivity contribution in [3.8, 4) is 47.4 Å². The van der Waals surface area contributed by atoms with Gasteiger partial charge in [-0.3, -0.25) is 4.79 Å². The molecule has 0 bridgehead atoms. The highest BCUT2D eigenvalue weighted by atomic mass is 16.5. The quantitative estimate of drug-likeness (QED) is 0.122. The van der Waals surface area contributed by atoms with Crippen molar-refractivity contribution in [3.63, 3.8) is 0 Å². The summed E-state index contributed by atoms with van der Waals surface area (Å²) in [5.41, 5.74) is 3.88. The average molecular weight is 833 g/mol. The van der Waals surface area contributed by atoms with Crippen LogP contribution in [0.2, 0.25) is 0 Å². The second kappa shape index (κ2) is 24.2. The van der Waals surface area contributed by atoms with Crippen LogP contribution >= 0.6 is 0 Å². The van der Waals surface area contributed by atoms with Gasteiger partial charge in [0.2, 0.25) is 0 Å². The maximum atomic E-state index is 10.6. The molecule has 4 aromatic carbocycles. The Morgan fingerprint density at radius 3 is 1.34 bits per heavy atom. The van der Waals surface area contributed by atoms with Crippen LogP contribution in [0.15, 0.2) is 133 Å². The molecule has 6 aromatic rings. The molecule has 2 fully saturated rings. The summed E-state index contributed by atoms with van der Waals surface area (Å²) in [6.07, 6.45) is 7.59. The summed E-state index contributed by atoms with van der Waals surface area (Å²) < 4.78 is 33.7. The molecular weight excluding hydrogens is 785 g/mol. The number of benzene rings is 4. The Kier molecular flexibility index (Phi) is 17.4. The van der Waals surface area contributed by atoms with Crippen molar-refractivity contribution in [2.75, 3.05) is 26.4 Å². The first kappa shape index (κ1) is 44.5. The van der Waals surface area contributed by atoms with E-state index in [1.54, 1.807) is 12.1 Å². The molecule has 2 saturated heterocycles. The Hall–Kier alpha value is -7.09. The Labute approximate surface area is 362 Å². The molecular formula is C50H48N4O8. The van der Waals surface area contributed by atoms with Gasteiger partial charge in [0.25, 0.3) is 11.8 Å². The molecule has 316 valence electrons. The highest BCUT2D eigenvalue weighted by molar-refractivity contribution is 5.79. The lowest BCUT2D eigenvalue weighted by atomic mass is 9.95. The van der Waals surface area contributed by atoms with E-state index in [1.807, 2.05) is 121 Å². The van der Waals surface area contributed by atoms with Crippen LogP contribution in [0.25, 0.3) is 0 Å². The summed E-state index contributed by atoms with van der Waals surface area (Å²) in [5, 5.41) is 26.9. The van der Waals surface area contributed by atoms with Crippen LogP contribution in [0.5, 0.6) is 23.3 Å². The van der Waals surface area contributed by atoms with E-state index in [4.69, 9.17) is 34.8 Å². The molecule has 0 spiro atoms. The predicted octanol–water partition coefficient (Wildman–Crippen LogP) is 7.51.